The molecule has 7 nitrogen and oxygen atoms in total. The van der Waals surface area contributed by atoms with Crippen molar-refractivity contribution in [1.29, 1.82) is 0 Å². The highest BCUT2D eigenvalue weighted by molar-refractivity contribution is 8.00. The van der Waals surface area contributed by atoms with Crippen molar-refractivity contribution in [1.82, 2.24) is 20.1 Å². The van der Waals surface area contributed by atoms with Crippen molar-refractivity contribution < 1.29 is 9.53 Å². The van der Waals surface area contributed by atoms with E-state index < -0.39 is 0 Å². The highest BCUT2D eigenvalue weighted by Gasteiger charge is 2.26. The van der Waals surface area contributed by atoms with Crippen molar-refractivity contribution in [3.05, 3.63) is 65.7 Å². The molecule has 34 heavy (non-hydrogen) atoms. The average molecular weight is 480 g/mol. The van der Waals surface area contributed by atoms with Crippen LogP contribution >= 0.6 is 11.8 Å². The summed E-state index contributed by atoms with van der Waals surface area (Å²) in [5, 5.41) is 12.7. The van der Waals surface area contributed by atoms with Crippen LogP contribution in [0.4, 0.5) is 5.95 Å². The molecule has 1 aromatic heterocycles. The molecule has 0 aliphatic carbocycles. The first kappa shape index (κ1) is 24.3. The number of amides is 1. The molecule has 4 rings (SSSR count). The monoisotopic (exact) mass is 479 g/mol. The van der Waals surface area contributed by atoms with E-state index in [9.17, 15) is 4.79 Å². The average Bonchev–Trinajstić information content (AvgIpc) is 3.28. The lowest BCUT2D eigenvalue weighted by Gasteiger charge is -2.28. The van der Waals surface area contributed by atoms with Gasteiger partial charge >= 0.3 is 0 Å². The van der Waals surface area contributed by atoms with Crippen molar-refractivity contribution in [3.63, 3.8) is 0 Å². The van der Waals surface area contributed by atoms with Crippen molar-refractivity contribution >= 4 is 23.6 Å². The molecule has 3 aromatic rings. The van der Waals surface area contributed by atoms with Crippen molar-refractivity contribution in [2.75, 3.05) is 31.2 Å². The summed E-state index contributed by atoms with van der Waals surface area (Å²) in [4.78, 5) is 15.4. The van der Waals surface area contributed by atoms with Crippen LogP contribution in [0.25, 0.3) is 5.69 Å². The van der Waals surface area contributed by atoms with E-state index >= 15 is 0 Å². The molecule has 180 valence electrons. The molecule has 1 aliphatic rings. The molecule has 2 atom stereocenters. The number of para-hydroxylation sites is 1. The molecule has 1 amide bonds. The number of benzene rings is 2. The summed E-state index contributed by atoms with van der Waals surface area (Å²) in [6.07, 6.45) is 1.89. The summed E-state index contributed by atoms with van der Waals surface area (Å²) in [6.45, 7) is 9.01. The van der Waals surface area contributed by atoms with E-state index in [2.05, 4.69) is 63.1 Å². The number of ether oxygens (including phenoxy) is 1. The van der Waals surface area contributed by atoms with Crippen LogP contribution in [0.15, 0.2) is 59.8 Å². The van der Waals surface area contributed by atoms with Gasteiger partial charge in [-0.15, -0.1) is 10.2 Å². The Labute approximate surface area is 205 Å². The maximum atomic E-state index is 13.2. The van der Waals surface area contributed by atoms with E-state index in [-0.39, 0.29) is 17.2 Å². The number of nitrogens with one attached hydrogen (secondary N) is 1. The minimum atomic E-state index is -0.326. The maximum absolute atomic E-state index is 13.2. The van der Waals surface area contributed by atoms with Crippen LogP contribution in [0.3, 0.4) is 0 Å². The summed E-state index contributed by atoms with van der Waals surface area (Å²) in [5.41, 5.74) is 3.28. The third-order valence-electron chi connectivity index (χ3n) is 6.01. The molecule has 1 saturated heterocycles. The largest absolute Gasteiger partial charge is 0.378 e. The summed E-state index contributed by atoms with van der Waals surface area (Å²) in [5.74, 6) is 0.792. The van der Waals surface area contributed by atoms with Crippen LogP contribution in [-0.2, 0) is 9.53 Å². The Kier molecular flexibility index (Phi) is 8.24. The Bertz CT molecular complexity index is 1080. The second-order valence-corrected chi connectivity index (χ2v) is 9.83. The zero-order valence-corrected chi connectivity index (χ0v) is 20.9. The first-order valence-electron chi connectivity index (χ1n) is 11.9. The third kappa shape index (κ3) is 5.62. The van der Waals surface area contributed by atoms with Crippen LogP contribution in [0.2, 0.25) is 0 Å². The fourth-order valence-corrected chi connectivity index (χ4v) is 4.99. The SMILES string of the molecule is CCC[C@@H](NC(=O)[C@H](C)Sc1nnc(N2CCOCC2)n1-c1ccccc1C)c1ccccc1. The predicted molar refractivity (Wildman–Crippen MR) is 137 cm³/mol. The lowest BCUT2D eigenvalue weighted by Crippen LogP contribution is -2.38. The molecule has 0 bridgehead atoms. The fraction of sp³-hybridized carbons (Fsp3) is 0.423. The van der Waals surface area contributed by atoms with Crippen LogP contribution < -0.4 is 10.2 Å². The Hall–Kier alpha value is -2.84. The van der Waals surface area contributed by atoms with Gasteiger partial charge in [0, 0.05) is 13.1 Å². The third-order valence-corrected chi connectivity index (χ3v) is 7.06. The highest BCUT2D eigenvalue weighted by atomic mass is 32.2. The number of aryl methyl sites for hydroxylation is 1. The highest BCUT2D eigenvalue weighted by Crippen LogP contribution is 2.31. The van der Waals surface area contributed by atoms with Crippen LogP contribution in [0.1, 0.15) is 43.9 Å². The van der Waals surface area contributed by atoms with Gasteiger partial charge in [-0.1, -0.05) is 73.6 Å². The van der Waals surface area contributed by atoms with Gasteiger partial charge in [0.25, 0.3) is 0 Å². The second-order valence-electron chi connectivity index (χ2n) is 8.52. The number of carbonyl (C=O) groups is 1. The molecule has 0 spiro atoms. The van der Waals surface area contributed by atoms with Gasteiger partial charge in [0.05, 0.1) is 30.2 Å². The first-order chi connectivity index (χ1) is 16.6. The Morgan fingerprint density at radius 3 is 2.50 bits per heavy atom. The zero-order valence-electron chi connectivity index (χ0n) is 20.1. The smallest absolute Gasteiger partial charge is 0.233 e. The number of thioether (sulfide) groups is 1. The molecule has 0 radical (unpaired) electrons. The topological polar surface area (TPSA) is 72.3 Å². The van der Waals surface area contributed by atoms with Gasteiger partial charge in [0.2, 0.25) is 11.9 Å². The molecule has 0 unspecified atom stereocenters. The number of hydrogen-bond donors (Lipinski definition) is 1. The van der Waals surface area contributed by atoms with E-state index in [4.69, 9.17) is 4.74 Å². The van der Waals surface area contributed by atoms with E-state index in [1.165, 1.54) is 11.8 Å². The molecule has 1 N–H and O–H groups in total. The summed E-state index contributed by atoms with van der Waals surface area (Å²) in [6, 6.07) is 18.4. The van der Waals surface area contributed by atoms with Gasteiger partial charge in [-0.3, -0.25) is 9.36 Å². The van der Waals surface area contributed by atoms with Crippen molar-refractivity contribution in [3.8, 4) is 5.69 Å². The number of hydrogen-bond acceptors (Lipinski definition) is 6. The van der Waals surface area contributed by atoms with Crippen LogP contribution in [0, 0.1) is 6.92 Å². The van der Waals surface area contributed by atoms with Crippen LogP contribution in [0.5, 0.6) is 0 Å². The standard InChI is InChI=1S/C26H33N5O2S/c1-4-10-22(21-12-6-5-7-13-21)27-24(32)20(3)34-26-29-28-25(30-15-17-33-18-16-30)31(26)23-14-9-8-11-19(23)2/h5-9,11-14,20,22H,4,10,15-18H2,1-3H3,(H,27,32)/t20-,22+/m0/s1. The van der Waals surface area contributed by atoms with Crippen molar-refractivity contribution in [2.45, 2.75) is 50.1 Å². The number of rotatable bonds is 9. The number of morpholine rings is 1. The van der Waals surface area contributed by atoms with Crippen LogP contribution in [-0.4, -0.2) is 52.2 Å². The Balaban J connectivity index is 1.57. The Morgan fingerprint density at radius 2 is 1.79 bits per heavy atom. The van der Waals surface area contributed by atoms with Gasteiger partial charge in [-0.05, 0) is 37.5 Å². The number of nitrogens with zero attached hydrogens (tertiary/aromatic N) is 4. The van der Waals surface area contributed by atoms with Gasteiger partial charge in [-0.2, -0.15) is 0 Å². The molecule has 2 aromatic carbocycles. The zero-order chi connectivity index (χ0) is 23.9. The lowest BCUT2D eigenvalue weighted by molar-refractivity contribution is -0.121. The summed E-state index contributed by atoms with van der Waals surface area (Å²) >= 11 is 1.44. The summed E-state index contributed by atoms with van der Waals surface area (Å²) < 4.78 is 7.61. The normalized spacial score (nSPS) is 15.7. The van der Waals surface area contributed by atoms with E-state index in [0.717, 1.165) is 48.7 Å². The molecule has 2 heterocycles. The van der Waals surface area contributed by atoms with Gasteiger partial charge in [0.1, 0.15) is 0 Å². The number of aromatic nitrogens is 3. The minimum Gasteiger partial charge on any atom is -0.378 e. The van der Waals surface area contributed by atoms with Gasteiger partial charge < -0.3 is 15.0 Å². The van der Waals surface area contributed by atoms with Gasteiger partial charge in [-0.25, -0.2) is 0 Å². The van der Waals surface area contributed by atoms with E-state index in [0.29, 0.717) is 18.4 Å². The number of anilines is 1. The quantitative estimate of drug-likeness (QED) is 0.454. The maximum Gasteiger partial charge on any atom is 0.233 e. The van der Waals surface area contributed by atoms with Crippen molar-refractivity contribution in [2.24, 2.45) is 0 Å². The molecule has 0 saturated carbocycles. The predicted octanol–water partition coefficient (Wildman–Crippen LogP) is 4.55. The summed E-state index contributed by atoms with van der Waals surface area (Å²) in [7, 11) is 0. The minimum absolute atomic E-state index is 0.0000939. The molecule has 8 heteroatoms. The fourth-order valence-electron chi connectivity index (χ4n) is 4.13. The number of carbonyl (C=O) groups excluding carboxylic acids is 1. The lowest BCUT2D eigenvalue weighted by atomic mass is 10.0. The Morgan fingerprint density at radius 1 is 1.09 bits per heavy atom. The second kappa shape index (κ2) is 11.5. The van der Waals surface area contributed by atoms with E-state index in [1.807, 2.05) is 37.3 Å². The molecule has 1 aliphatic heterocycles. The molecular weight excluding hydrogens is 446 g/mol. The molecular formula is C26H33N5O2S. The molecule has 1 fully saturated rings. The van der Waals surface area contributed by atoms with Gasteiger partial charge in [0.15, 0.2) is 5.16 Å². The first-order valence-corrected chi connectivity index (χ1v) is 12.8. The van der Waals surface area contributed by atoms with E-state index in [1.54, 1.807) is 0 Å².